The molecule has 2 heterocycles. The molecule has 3 rings (SSSR count). The number of amides is 1. The summed E-state index contributed by atoms with van der Waals surface area (Å²) in [4.78, 5) is 19.5. The van der Waals surface area contributed by atoms with Crippen LogP contribution in [-0.4, -0.2) is 25.7 Å². The van der Waals surface area contributed by atoms with Crippen LogP contribution in [0, 0.1) is 19.8 Å². The maximum absolute atomic E-state index is 13.0. The highest BCUT2D eigenvalue weighted by Gasteiger charge is 2.11. The number of nitrogens with two attached hydrogens (primary N) is 1. The molecule has 0 aliphatic rings. The molecule has 0 saturated carbocycles. The second-order valence-electron chi connectivity index (χ2n) is 5.70. The van der Waals surface area contributed by atoms with Crippen molar-refractivity contribution in [1.29, 1.82) is 0 Å². The Hall–Kier alpha value is -3.35. The average Bonchev–Trinajstić information content (AvgIpc) is 3.01. The highest BCUT2D eigenvalue weighted by Crippen LogP contribution is 2.19. The van der Waals surface area contributed by atoms with Crippen LogP contribution in [0.4, 0.5) is 4.39 Å². The monoisotopic (exact) mass is 337 g/mol. The van der Waals surface area contributed by atoms with Crippen LogP contribution in [0.25, 0.3) is 23.2 Å². The number of primary amides is 1. The van der Waals surface area contributed by atoms with Gasteiger partial charge >= 0.3 is 0 Å². The molecular weight excluding hydrogens is 321 g/mol. The number of aryl methyl sites for hydroxylation is 2. The highest BCUT2D eigenvalue weighted by atomic mass is 19.1. The second kappa shape index (κ2) is 6.64. The van der Waals surface area contributed by atoms with Crippen LogP contribution in [0.2, 0.25) is 0 Å². The minimum Gasteiger partial charge on any atom is -0.366 e. The van der Waals surface area contributed by atoms with E-state index in [4.69, 9.17) is 5.73 Å². The van der Waals surface area contributed by atoms with Crippen molar-refractivity contribution in [2.24, 2.45) is 5.73 Å². The number of halogens is 1. The van der Waals surface area contributed by atoms with Crippen LogP contribution in [0.1, 0.15) is 16.7 Å². The van der Waals surface area contributed by atoms with Crippen LogP contribution in [0.5, 0.6) is 0 Å². The molecule has 0 aliphatic carbocycles. The summed E-state index contributed by atoms with van der Waals surface area (Å²) in [6, 6.07) is 8.62. The Bertz CT molecular complexity index is 940. The molecule has 25 heavy (non-hydrogen) atoms. The minimum absolute atomic E-state index is 0.157. The number of nitrogens with zero attached hydrogens (tertiary/aromatic N) is 4. The first-order chi connectivity index (χ1) is 11.9. The number of hydrogen-bond donors (Lipinski definition) is 1. The number of pyridine rings is 1. The van der Waals surface area contributed by atoms with Gasteiger partial charge in [0.25, 0.3) is 5.91 Å². The van der Waals surface area contributed by atoms with E-state index in [2.05, 4.69) is 21.1 Å². The van der Waals surface area contributed by atoms with E-state index < -0.39 is 11.9 Å². The molecule has 2 N–H and O–H groups in total. The maximum Gasteiger partial charge on any atom is 0.250 e. The molecule has 1 amide bonds. The van der Waals surface area contributed by atoms with E-state index in [1.54, 1.807) is 0 Å². The first-order valence-corrected chi connectivity index (χ1v) is 7.56. The van der Waals surface area contributed by atoms with Gasteiger partial charge in [-0.25, -0.2) is 14.6 Å². The summed E-state index contributed by atoms with van der Waals surface area (Å²) >= 11 is 0. The lowest BCUT2D eigenvalue weighted by atomic mass is 10.1. The molecule has 0 aliphatic heterocycles. The zero-order chi connectivity index (χ0) is 18.0. The summed E-state index contributed by atoms with van der Waals surface area (Å²) < 4.78 is 14.4. The van der Waals surface area contributed by atoms with E-state index in [1.807, 2.05) is 26.0 Å². The molecule has 6 nitrogen and oxygen atoms in total. The van der Waals surface area contributed by atoms with Gasteiger partial charge in [0.15, 0.2) is 5.82 Å². The van der Waals surface area contributed by atoms with Crippen LogP contribution in [-0.2, 0) is 4.79 Å². The lowest BCUT2D eigenvalue weighted by Crippen LogP contribution is -2.14. The van der Waals surface area contributed by atoms with Crippen molar-refractivity contribution in [3.8, 4) is 11.4 Å². The zero-order valence-corrected chi connectivity index (χ0v) is 13.8. The third-order valence-electron chi connectivity index (χ3n) is 3.55. The number of benzene rings is 1. The molecule has 0 fully saturated rings. The molecule has 1 aromatic carbocycles. The molecule has 7 heteroatoms. The quantitative estimate of drug-likeness (QED) is 0.585. The van der Waals surface area contributed by atoms with Gasteiger partial charge in [0, 0.05) is 23.5 Å². The summed E-state index contributed by atoms with van der Waals surface area (Å²) in [5.74, 6) is -0.772. The Morgan fingerprint density at radius 1 is 1.16 bits per heavy atom. The Balaban J connectivity index is 1.98. The summed E-state index contributed by atoms with van der Waals surface area (Å²) in [7, 11) is 0. The Kier molecular flexibility index (Phi) is 4.38. The largest absolute Gasteiger partial charge is 0.366 e. The topological polar surface area (TPSA) is 86.7 Å². The molecule has 126 valence electrons. The highest BCUT2D eigenvalue weighted by molar-refractivity contribution is 6.22. The Labute approximate surface area is 143 Å². The number of carbonyl (C=O) groups is 1. The molecule has 0 spiro atoms. The molecule has 0 atom stereocenters. The predicted octanol–water partition coefficient (Wildman–Crippen LogP) is 2.58. The fourth-order valence-corrected chi connectivity index (χ4v) is 2.52. The van der Waals surface area contributed by atoms with Gasteiger partial charge in [-0.3, -0.25) is 4.79 Å². The Morgan fingerprint density at radius 3 is 2.48 bits per heavy atom. The van der Waals surface area contributed by atoms with Gasteiger partial charge < -0.3 is 5.73 Å². The van der Waals surface area contributed by atoms with Gasteiger partial charge in [0.1, 0.15) is 6.33 Å². The van der Waals surface area contributed by atoms with Crippen molar-refractivity contribution >= 4 is 17.7 Å². The molecule has 2 aromatic heterocycles. The van der Waals surface area contributed by atoms with Crippen molar-refractivity contribution in [3.05, 3.63) is 65.5 Å². The van der Waals surface area contributed by atoms with Crippen LogP contribution in [0.15, 0.2) is 42.9 Å². The first-order valence-electron chi connectivity index (χ1n) is 7.56. The van der Waals surface area contributed by atoms with Crippen molar-refractivity contribution in [2.45, 2.75) is 13.8 Å². The molecule has 0 radical (unpaired) electrons. The summed E-state index contributed by atoms with van der Waals surface area (Å²) in [5, 5.41) is 4.35. The molecule has 0 bridgehead atoms. The Morgan fingerprint density at radius 2 is 1.88 bits per heavy atom. The normalized spacial score (nSPS) is 11.6. The van der Waals surface area contributed by atoms with E-state index in [0.717, 1.165) is 22.8 Å². The SMILES string of the molecule is Cc1cc(C)cc(-c2ncn(C=C(C(N)=O)c3ccc(F)nc3)n2)c1. The third-order valence-corrected chi connectivity index (χ3v) is 3.55. The number of carbonyl (C=O) groups excluding carboxylic acids is 1. The van der Waals surface area contributed by atoms with Gasteiger partial charge in [0.2, 0.25) is 5.95 Å². The smallest absolute Gasteiger partial charge is 0.250 e. The van der Waals surface area contributed by atoms with Crippen LogP contribution in [0.3, 0.4) is 0 Å². The van der Waals surface area contributed by atoms with Crippen molar-refractivity contribution in [3.63, 3.8) is 0 Å². The first kappa shape index (κ1) is 16.5. The summed E-state index contributed by atoms with van der Waals surface area (Å²) in [6.45, 7) is 4.00. The molecular formula is C18H16FN5O. The number of hydrogen-bond acceptors (Lipinski definition) is 4. The van der Waals surface area contributed by atoms with Gasteiger partial charge in [-0.15, -0.1) is 5.10 Å². The number of aromatic nitrogens is 4. The lowest BCUT2D eigenvalue weighted by Gasteiger charge is -2.03. The van der Waals surface area contributed by atoms with Crippen molar-refractivity contribution < 1.29 is 9.18 Å². The van der Waals surface area contributed by atoms with Gasteiger partial charge in [-0.1, -0.05) is 17.2 Å². The van der Waals surface area contributed by atoms with E-state index in [1.165, 1.54) is 29.5 Å². The number of rotatable bonds is 4. The zero-order valence-electron chi connectivity index (χ0n) is 13.8. The summed E-state index contributed by atoms with van der Waals surface area (Å²) in [6.07, 6.45) is 4.16. The van der Waals surface area contributed by atoms with Gasteiger partial charge in [-0.2, -0.15) is 4.39 Å². The van der Waals surface area contributed by atoms with Crippen molar-refractivity contribution in [2.75, 3.05) is 0 Å². The van der Waals surface area contributed by atoms with Gasteiger partial charge in [-0.05, 0) is 38.1 Å². The maximum atomic E-state index is 13.0. The average molecular weight is 337 g/mol. The minimum atomic E-state index is -0.670. The third kappa shape index (κ3) is 3.77. The lowest BCUT2D eigenvalue weighted by molar-refractivity contribution is -0.112. The molecule has 0 saturated heterocycles. The van der Waals surface area contributed by atoms with E-state index in [9.17, 15) is 9.18 Å². The van der Waals surface area contributed by atoms with Crippen LogP contribution >= 0.6 is 0 Å². The van der Waals surface area contributed by atoms with Crippen LogP contribution < -0.4 is 5.73 Å². The predicted molar refractivity (Wildman–Crippen MR) is 92.5 cm³/mol. The summed E-state index contributed by atoms with van der Waals surface area (Å²) in [5.41, 5.74) is 9.08. The van der Waals surface area contributed by atoms with Crippen molar-refractivity contribution in [1.82, 2.24) is 19.7 Å². The van der Waals surface area contributed by atoms with Gasteiger partial charge in [0.05, 0.1) is 5.57 Å². The van der Waals surface area contributed by atoms with E-state index in [0.29, 0.717) is 11.4 Å². The van der Waals surface area contributed by atoms with E-state index in [-0.39, 0.29) is 5.57 Å². The molecule has 0 unspecified atom stereocenters. The fraction of sp³-hybridized carbons (Fsp3) is 0.111. The fourth-order valence-electron chi connectivity index (χ4n) is 2.52. The standard InChI is InChI=1S/C18H16FN5O/c1-11-5-12(2)7-14(6-11)18-22-10-24(23-18)9-15(17(20)25)13-3-4-16(19)21-8-13/h3-10H,1-2H3,(H2,20,25). The van der Waals surface area contributed by atoms with E-state index >= 15 is 0 Å². The molecule has 3 aromatic rings. The second-order valence-corrected chi connectivity index (χ2v) is 5.70.